The van der Waals surface area contributed by atoms with Crippen molar-refractivity contribution in [2.45, 2.75) is 13.8 Å². The van der Waals surface area contributed by atoms with Gasteiger partial charge in [0.2, 0.25) is 5.95 Å². The molecule has 5 rings (SSSR count). The summed E-state index contributed by atoms with van der Waals surface area (Å²) in [7, 11) is -2.32. The van der Waals surface area contributed by atoms with Crippen LogP contribution in [0.25, 0.3) is 23.4 Å². The zero-order valence-electron chi connectivity index (χ0n) is 21.1. The molecule has 1 fully saturated rings. The van der Waals surface area contributed by atoms with Crippen LogP contribution in [0.3, 0.4) is 0 Å². The molecule has 0 amide bonds. The van der Waals surface area contributed by atoms with Gasteiger partial charge in [-0.3, -0.25) is 4.57 Å². The summed E-state index contributed by atoms with van der Waals surface area (Å²) in [5.74, 6) is 1.27. The minimum atomic E-state index is -2.32. The Kier molecular flexibility index (Phi) is 6.65. The van der Waals surface area contributed by atoms with Gasteiger partial charge in [0.25, 0.3) is 0 Å². The molecular weight excluding hydrogens is 471 g/mol. The van der Waals surface area contributed by atoms with Gasteiger partial charge in [-0.1, -0.05) is 18.2 Å². The smallest absolute Gasteiger partial charge is 0.229 e. The lowest BCUT2D eigenvalue weighted by Crippen LogP contribution is -2.37. The highest BCUT2D eigenvalue weighted by Crippen LogP contribution is 2.35. The Bertz CT molecular complexity index is 1450. The second-order valence-electron chi connectivity index (χ2n) is 9.44. The van der Waals surface area contributed by atoms with Crippen LogP contribution in [0.4, 0.5) is 17.5 Å². The van der Waals surface area contributed by atoms with Gasteiger partial charge in [0, 0.05) is 30.3 Å². The first kappa shape index (κ1) is 24.2. The van der Waals surface area contributed by atoms with E-state index in [1.165, 1.54) is 16.7 Å². The number of morpholine rings is 1. The van der Waals surface area contributed by atoms with Crippen LogP contribution in [0.15, 0.2) is 48.8 Å². The van der Waals surface area contributed by atoms with Crippen LogP contribution in [-0.4, -0.2) is 59.2 Å². The molecule has 9 heteroatoms. The van der Waals surface area contributed by atoms with Crippen LogP contribution in [0.5, 0.6) is 0 Å². The third-order valence-corrected chi connectivity index (χ3v) is 7.94. The molecule has 186 valence electrons. The highest BCUT2D eigenvalue weighted by molar-refractivity contribution is 7.70. The molecule has 0 bridgehead atoms. The Morgan fingerprint density at radius 3 is 2.36 bits per heavy atom. The quantitative estimate of drug-likeness (QED) is 0.376. The molecule has 8 nitrogen and oxygen atoms in total. The maximum absolute atomic E-state index is 12.4. The Balaban J connectivity index is 1.55. The summed E-state index contributed by atoms with van der Waals surface area (Å²) in [6, 6.07) is 13.9. The molecule has 1 aliphatic heterocycles. The number of anilines is 3. The second-order valence-corrected chi connectivity index (χ2v) is 12.7. The van der Waals surface area contributed by atoms with Crippen molar-refractivity contribution in [3.8, 4) is 0 Å². The summed E-state index contributed by atoms with van der Waals surface area (Å²) >= 11 is 0. The number of fused-ring (bicyclic) bond motifs is 1. The summed E-state index contributed by atoms with van der Waals surface area (Å²) in [4.78, 5) is 16.5. The SMILES string of the molecule is Cc1cccc(C)c1/C=C/n1cnc2c(Nc3ccc(P(C)(C)=O)cc3)nc(N3CCOCC3)nc21. The van der Waals surface area contributed by atoms with Crippen LogP contribution in [-0.2, 0) is 9.30 Å². The molecule has 0 spiro atoms. The van der Waals surface area contributed by atoms with E-state index in [1.54, 1.807) is 19.7 Å². The first-order valence-electron chi connectivity index (χ1n) is 12.0. The molecule has 2 aromatic heterocycles. The highest BCUT2D eigenvalue weighted by atomic mass is 31.2. The molecular formula is C27H31N6O2P. The zero-order chi connectivity index (χ0) is 25.3. The molecule has 0 unspecified atom stereocenters. The maximum atomic E-state index is 12.4. The van der Waals surface area contributed by atoms with Gasteiger partial charge in [0.1, 0.15) is 13.5 Å². The fourth-order valence-electron chi connectivity index (χ4n) is 4.29. The number of ether oxygens (including phenoxy) is 1. The van der Waals surface area contributed by atoms with Gasteiger partial charge < -0.3 is 19.5 Å². The van der Waals surface area contributed by atoms with E-state index in [4.69, 9.17) is 14.7 Å². The van der Waals surface area contributed by atoms with Crippen LogP contribution in [0, 0.1) is 13.8 Å². The van der Waals surface area contributed by atoms with Gasteiger partial charge in [-0.2, -0.15) is 9.97 Å². The standard InChI is InChI=1S/C27H31N6O2P/c1-19-6-5-7-20(2)23(19)12-13-33-18-28-24-25(29-21-8-10-22(11-9-21)36(3,4)34)30-27(31-26(24)33)32-14-16-35-17-15-32/h5-13,18H,14-17H2,1-4H3,(H,29,30,31)/b13-12+. The van der Waals surface area contributed by atoms with Gasteiger partial charge in [-0.25, -0.2) is 4.98 Å². The number of aryl methyl sites for hydroxylation is 2. The maximum Gasteiger partial charge on any atom is 0.229 e. The molecule has 2 aromatic carbocycles. The largest absolute Gasteiger partial charge is 0.378 e. The van der Waals surface area contributed by atoms with Crippen LogP contribution >= 0.6 is 7.14 Å². The van der Waals surface area contributed by atoms with Gasteiger partial charge in [-0.05, 0) is 74.2 Å². The van der Waals surface area contributed by atoms with E-state index in [9.17, 15) is 4.57 Å². The van der Waals surface area contributed by atoms with E-state index in [2.05, 4.69) is 53.3 Å². The van der Waals surface area contributed by atoms with Gasteiger partial charge in [-0.15, -0.1) is 0 Å². The van der Waals surface area contributed by atoms with Crippen LogP contribution < -0.4 is 15.5 Å². The summed E-state index contributed by atoms with van der Waals surface area (Å²) in [5, 5.41) is 4.26. The minimum Gasteiger partial charge on any atom is -0.378 e. The lowest BCUT2D eigenvalue weighted by Gasteiger charge is -2.27. The summed E-state index contributed by atoms with van der Waals surface area (Å²) in [5.41, 5.74) is 5.87. The molecule has 0 aliphatic carbocycles. The predicted octanol–water partition coefficient (Wildman–Crippen LogP) is 4.90. The molecule has 1 saturated heterocycles. The van der Waals surface area contributed by atoms with Gasteiger partial charge in [0.05, 0.1) is 13.2 Å². The third kappa shape index (κ3) is 5.06. The fourth-order valence-corrected chi connectivity index (χ4v) is 5.16. The van der Waals surface area contributed by atoms with E-state index in [-0.39, 0.29) is 0 Å². The lowest BCUT2D eigenvalue weighted by atomic mass is 10.0. The molecule has 0 radical (unpaired) electrons. The monoisotopic (exact) mass is 502 g/mol. The fraction of sp³-hybridized carbons (Fsp3) is 0.296. The number of rotatable bonds is 6. The average molecular weight is 503 g/mol. The number of imidazole rings is 1. The topological polar surface area (TPSA) is 85.2 Å². The highest BCUT2D eigenvalue weighted by Gasteiger charge is 2.19. The van der Waals surface area contributed by atoms with E-state index in [0.29, 0.717) is 30.5 Å². The number of hydrogen-bond donors (Lipinski definition) is 1. The number of nitrogens with zero attached hydrogens (tertiary/aromatic N) is 5. The Hall–Kier alpha value is -3.48. The molecule has 1 aliphatic rings. The van der Waals surface area contributed by atoms with Crippen molar-refractivity contribution in [2.75, 3.05) is 49.8 Å². The Labute approximate surface area is 211 Å². The van der Waals surface area contributed by atoms with Crippen molar-refractivity contribution in [3.63, 3.8) is 0 Å². The van der Waals surface area contributed by atoms with Crippen LogP contribution in [0.1, 0.15) is 16.7 Å². The predicted molar refractivity (Wildman–Crippen MR) is 148 cm³/mol. The van der Waals surface area contributed by atoms with Crippen LogP contribution in [0.2, 0.25) is 0 Å². The normalized spacial score (nSPS) is 14.6. The molecule has 3 heterocycles. The van der Waals surface area contributed by atoms with Gasteiger partial charge in [0.15, 0.2) is 17.0 Å². The Morgan fingerprint density at radius 2 is 1.69 bits per heavy atom. The number of hydrogen-bond acceptors (Lipinski definition) is 7. The van der Waals surface area contributed by atoms with Gasteiger partial charge >= 0.3 is 0 Å². The number of aromatic nitrogens is 4. The van der Waals surface area contributed by atoms with E-state index < -0.39 is 7.14 Å². The third-order valence-electron chi connectivity index (χ3n) is 6.40. The number of nitrogens with one attached hydrogen (secondary N) is 1. The molecule has 0 saturated carbocycles. The molecule has 4 aromatic rings. The second kappa shape index (κ2) is 9.88. The Morgan fingerprint density at radius 1 is 1.00 bits per heavy atom. The average Bonchev–Trinajstić information content (AvgIpc) is 3.27. The van der Waals surface area contributed by atoms with E-state index >= 15 is 0 Å². The first-order chi connectivity index (χ1) is 17.3. The van der Waals surface area contributed by atoms with Crippen molar-refractivity contribution >= 4 is 53.3 Å². The lowest BCUT2D eigenvalue weighted by molar-refractivity contribution is 0.122. The van der Waals surface area contributed by atoms with E-state index in [1.807, 2.05) is 35.0 Å². The van der Waals surface area contributed by atoms with Crippen molar-refractivity contribution in [2.24, 2.45) is 0 Å². The number of benzene rings is 2. The summed E-state index contributed by atoms with van der Waals surface area (Å²) in [6.07, 6.45) is 5.87. The van der Waals surface area contributed by atoms with Crippen molar-refractivity contribution in [1.82, 2.24) is 19.5 Å². The first-order valence-corrected chi connectivity index (χ1v) is 14.6. The minimum absolute atomic E-state index is 0.629. The molecule has 0 atom stereocenters. The molecule has 36 heavy (non-hydrogen) atoms. The zero-order valence-corrected chi connectivity index (χ0v) is 22.0. The molecule has 1 N–H and O–H groups in total. The van der Waals surface area contributed by atoms with Crippen molar-refractivity contribution in [3.05, 3.63) is 65.5 Å². The summed E-state index contributed by atoms with van der Waals surface area (Å²) < 4.78 is 19.9. The van der Waals surface area contributed by atoms with Crippen molar-refractivity contribution < 1.29 is 9.30 Å². The van der Waals surface area contributed by atoms with Crippen molar-refractivity contribution in [1.29, 1.82) is 0 Å². The van der Waals surface area contributed by atoms with E-state index in [0.717, 1.165) is 29.7 Å². The summed E-state index contributed by atoms with van der Waals surface area (Å²) in [6.45, 7) is 10.5.